The lowest BCUT2D eigenvalue weighted by Gasteiger charge is -2.20. The summed E-state index contributed by atoms with van der Waals surface area (Å²) in [6.07, 6.45) is -0.238. The van der Waals surface area contributed by atoms with Crippen LogP contribution in [0.2, 0.25) is 0 Å². The standard InChI is InChI=1S/C23H26N2O6S/c1-32-11-10-19(21(27)24-12-20(26)22(28)29)25-23(30)31-13-18-16-8-4-2-6-14(16)15-7-3-5-9-17(15)18/h2-9,18-20,26H,10-13H2,1H3,(H,24,27)(H,25,30)(H,28,29)/t19?,20-/m0/s1. The van der Waals surface area contributed by atoms with Crippen LogP contribution in [0.3, 0.4) is 0 Å². The molecule has 0 radical (unpaired) electrons. The number of hydrogen-bond acceptors (Lipinski definition) is 6. The number of thioether (sulfide) groups is 1. The quantitative estimate of drug-likeness (QED) is 0.430. The Kier molecular flexibility index (Phi) is 8.13. The van der Waals surface area contributed by atoms with Crippen LogP contribution >= 0.6 is 11.8 Å². The lowest BCUT2D eigenvalue weighted by atomic mass is 9.98. The Balaban J connectivity index is 1.61. The second-order valence-corrected chi connectivity index (χ2v) is 8.39. The van der Waals surface area contributed by atoms with Crippen LogP contribution in [0.25, 0.3) is 11.1 Å². The first-order chi connectivity index (χ1) is 15.4. The van der Waals surface area contributed by atoms with E-state index in [1.165, 1.54) is 11.8 Å². The smallest absolute Gasteiger partial charge is 0.407 e. The van der Waals surface area contributed by atoms with Crippen molar-refractivity contribution in [3.63, 3.8) is 0 Å². The first-order valence-corrected chi connectivity index (χ1v) is 11.6. The molecule has 0 heterocycles. The van der Waals surface area contributed by atoms with E-state index in [0.717, 1.165) is 22.3 Å². The zero-order valence-electron chi connectivity index (χ0n) is 17.6. The number of benzene rings is 2. The number of aliphatic hydroxyl groups excluding tert-OH is 1. The van der Waals surface area contributed by atoms with Crippen LogP contribution in [0.4, 0.5) is 4.79 Å². The molecule has 0 aliphatic heterocycles. The molecule has 0 saturated carbocycles. The average molecular weight is 459 g/mol. The molecule has 2 aromatic carbocycles. The molecule has 0 bridgehead atoms. The highest BCUT2D eigenvalue weighted by Gasteiger charge is 2.30. The van der Waals surface area contributed by atoms with E-state index < -0.39 is 36.7 Å². The van der Waals surface area contributed by atoms with Crippen LogP contribution in [0, 0.1) is 0 Å². The molecule has 2 aromatic rings. The van der Waals surface area contributed by atoms with Crippen molar-refractivity contribution in [1.29, 1.82) is 0 Å². The molecule has 1 aliphatic carbocycles. The van der Waals surface area contributed by atoms with E-state index in [9.17, 15) is 19.5 Å². The van der Waals surface area contributed by atoms with Crippen molar-refractivity contribution in [3.8, 4) is 11.1 Å². The summed E-state index contributed by atoms with van der Waals surface area (Å²) in [5.41, 5.74) is 4.40. The number of nitrogens with one attached hydrogen (secondary N) is 2. The van der Waals surface area contributed by atoms with Crippen LogP contribution < -0.4 is 10.6 Å². The minimum Gasteiger partial charge on any atom is -0.479 e. The predicted octanol–water partition coefficient (Wildman–Crippen LogP) is 2.21. The predicted molar refractivity (Wildman–Crippen MR) is 122 cm³/mol. The molecule has 1 aliphatic rings. The van der Waals surface area contributed by atoms with Crippen molar-refractivity contribution in [1.82, 2.24) is 10.6 Å². The summed E-state index contributed by atoms with van der Waals surface area (Å²) >= 11 is 1.51. The van der Waals surface area contributed by atoms with Gasteiger partial charge in [0.2, 0.25) is 5.91 Å². The van der Waals surface area contributed by atoms with E-state index >= 15 is 0 Å². The van der Waals surface area contributed by atoms with Gasteiger partial charge in [-0.2, -0.15) is 11.8 Å². The van der Waals surface area contributed by atoms with E-state index in [1.54, 1.807) is 0 Å². The fraction of sp³-hybridized carbons (Fsp3) is 0.348. The number of carboxylic acid groups (broad SMARTS) is 1. The summed E-state index contributed by atoms with van der Waals surface area (Å²) in [4.78, 5) is 35.6. The van der Waals surface area contributed by atoms with Gasteiger partial charge in [-0.15, -0.1) is 0 Å². The number of aliphatic carboxylic acids is 1. The van der Waals surface area contributed by atoms with Crippen LogP contribution in [0.15, 0.2) is 48.5 Å². The number of alkyl carbamates (subject to hydrolysis) is 1. The Morgan fingerprint density at radius 3 is 2.22 bits per heavy atom. The summed E-state index contributed by atoms with van der Waals surface area (Å²) in [5, 5.41) is 23.0. The first-order valence-electron chi connectivity index (χ1n) is 10.2. The van der Waals surface area contributed by atoms with Gasteiger partial charge in [-0.25, -0.2) is 9.59 Å². The highest BCUT2D eigenvalue weighted by Crippen LogP contribution is 2.44. The van der Waals surface area contributed by atoms with Gasteiger partial charge in [-0.05, 0) is 40.7 Å². The molecule has 0 fully saturated rings. The lowest BCUT2D eigenvalue weighted by molar-refractivity contribution is -0.146. The second kappa shape index (κ2) is 11.0. The summed E-state index contributed by atoms with van der Waals surface area (Å²) in [7, 11) is 0. The van der Waals surface area contributed by atoms with Gasteiger partial charge in [0.05, 0.1) is 6.54 Å². The Morgan fingerprint density at radius 2 is 1.66 bits per heavy atom. The van der Waals surface area contributed by atoms with Crippen molar-refractivity contribution in [2.75, 3.05) is 25.2 Å². The fourth-order valence-corrected chi connectivity index (χ4v) is 4.17. The Hall–Kier alpha value is -3.04. The minimum atomic E-state index is -1.71. The number of fused-ring (bicyclic) bond motifs is 3. The SMILES string of the molecule is CSCCC(NC(=O)OCC1c2ccccc2-c2ccccc21)C(=O)NC[C@H](O)C(=O)O. The van der Waals surface area contributed by atoms with Gasteiger partial charge in [-0.1, -0.05) is 48.5 Å². The van der Waals surface area contributed by atoms with Gasteiger partial charge < -0.3 is 25.6 Å². The molecule has 0 spiro atoms. The highest BCUT2D eigenvalue weighted by atomic mass is 32.2. The van der Waals surface area contributed by atoms with Crippen molar-refractivity contribution < 1.29 is 29.3 Å². The van der Waals surface area contributed by atoms with Crippen molar-refractivity contribution in [2.24, 2.45) is 0 Å². The zero-order chi connectivity index (χ0) is 23.1. The van der Waals surface area contributed by atoms with Crippen LogP contribution in [-0.2, 0) is 14.3 Å². The molecule has 2 amide bonds. The number of aliphatic hydroxyl groups is 1. The van der Waals surface area contributed by atoms with E-state index in [4.69, 9.17) is 9.84 Å². The number of rotatable bonds is 10. The van der Waals surface area contributed by atoms with Gasteiger partial charge >= 0.3 is 12.1 Å². The molecule has 0 aromatic heterocycles. The third kappa shape index (κ3) is 5.60. The van der Waals surface area contributed by atoms with E-state index in [2.05, 4.69) is 10.6 Å². The monoisotopic (exact) mass is 458 g/mol. The molecule has 170 valence electrons. The number of hydrogen-bond donors (Lipinski definition) is 4. The molecule has 8 nitrogen and oxygen atoms in total. The molecule has 0 saturated heterocycles. The number of carboxylic acids is 1. The Morgan fingerprint density at radius 1 is 1.06 bits per heavy atom. The summed E-state index contributed by atoms with van der Waals surface area (Å²) in [6.45, 7) is -0.329. The summed E-state index contributed by atoms with van der Waals surface area (Å²) in [6, 6.07) is 15.1. The van der Waals surface area contributed by atoms with E-state index in [0.29, 0.717) is 12.2 Å². The summed E-state index contributed by atoms with van der Waals surface area (Å²) < 4.78 is 5.48. The Labute approximate surface area is 190 Å². The maximum absolute atomic E-state index is 12.5. The third-order valence-electron chi connectivity index (χ3n) is 5.32. The van der Waals surface area contributed by atoms with Crippen LogP contribution in [0.5, 0.6) is 0 Å². The van der Waals surface area contributed by atoms with Gasteiger partial charge in [-0.3, -0.25) is 4.79 Å². The number of ether oxygens (including phenoxy) is 1. The van der Waals surface area contributed by atoms with E-state index in [1.807, 2.05) is 54.8 Å². The van der Waals surface area contributed by atoms with Crippen molar-refractivity contribution in [2.45, 2.75) is 24.5 Å². The van der Waals surface area contributed by atoms with Gasteiger partial charge in [0.15, 0.2) is 6.10 Å². The molecular weight excluding hydrogens is 432 g/mol. The van der Waals surface area contributed by atoms with E-state index in [-0.39, 0.29) is 12.5 Å². The second-order valence-electron chi connectivity index (χ2n) is 7.40. The molecule has 3 rings (SSSR count). The molecule has 2 atom stereocenters. The summed E-state index contributed by atoms with van der Waals surface area (Å²) in [5.74, 6) is -1.51. The maximum Gasteiger partial charge on any atom is 0.407 e. The third-order valence-corrected chi connectivity index (χ3v) is 5.96. The van der Waals surface area contributed by atoms with Crippen LogP contribution in [-0.4, -0.2) is 65.5 Å². The Bertz CT molecular complexity index is 937. The minimum absolute atomic E-state index is 0.0997. The average Bonchev–Trinajstić information content (AvgIpc) is 3.12. The highest BCUT2D eigenvalue weighted by molar-refractivity contribution is 7.98. The van der Waals surface area contributed by atoms with Crippen molar-refractivity contribution >= 4 is 29.7 Å². The van der Waals surface area contributed by atoms with Crippen LogP contribution in [0.1, 0.15) is 23.5 Å². The molecule has 32 heavy (non-hydrogen) atoms. The molecule has 4 N–H and O–H groups in total. The first kappa shape index (κ1) is 23.6. The molecule has 9 heteroatoms. The molecular formula is C23H26N2O6S. The fourth-order valence-electron chi connectivity index (χ4n) is 3.69. The zero-order valence-corrected chi connectivity index (χ0v) is 18.4. The topological polar surface area (TPSA) is 125 Å². The largest absolute Gasteiger partial charge is 0.479 e. The van der Waals surface area contributed by atoms with Gasteiger partial charge in [0.1, 0.15) is 12.6 Å². The van der Waals surface area contributed by atoms with Gasteiger partial charge in [0.25, 0.3) is 0 Å². The number of amides is 2. The maximum atomic E-state index is 12.5. The number of carbonyl (C=O) groups is 3. The van der Waals surface area contributed by atoms with Gasteiger partial charge in [0, 0.05) is 5.92 Å². The number of carbonyl (C=O) groups excluding carboxylic acids is 2. The van der Waals surface area contributed by atoms with Crippen molar-refractivity contribution in [3.05, 3.63) is 59.7 Å². The molecule has 1 unspecified atom stereocenters. The lowest BCUT2D eigenvalue weighted by Crippen LogP contribution is -2.49. The normalized spacial score (nSPS) is 14.1.